The molecule has 0 saturated heterocycles. The van der Waals surface area contributed by atoms with Crippen LogP contribution in [0.3, 0.4) is 0 Å². The van der Waals surface area contributed by atoms with E-state index < -0.39 is 0 Å². The summed E-state index contributed by atoms with van der Waals surface area (Å²) in [5.41, 5.74) is 3.74. The molecule has 4 rings (SSSR count). The summed E-state index contributed by atoms with van der Waals surface area (Å²) in [5.74, 6) is 1.62. The second kappa shape index (κ2) is 7.92. The smallest absolute Gasteiger partial charge is 0.267 e. The molecule has 0 bridgehead atoms. The average Bonchev–Trinajstić information content (AvgIpc) is 3.03. The molecule has 1 atom stereocenters. The third-order valence-corrected chi connectivity index (χ3v) is 8.26. The van der Waals surface area contributed by atoms with Gasteiger partial charge in [-0.05, 0) is 67.2 Å². The number of benzene rings is 1. The van der Waals surface area contributed by atoms with E-state index in [2.05, 4.69) is 46.8 Å². The Labute approximate surface area is 181 Å². The van der Waals surface area contributed by atoms with E-state index in [0.29, 0.717) is 11.3 Å². The van der Waals surface area contributed by atoms with Gasteiger partial charge in [-0.3, -0.25) is 9.36 Å². The number of aryl methyl sites for hydroxylation is 2. The standard InChI is InChI=1S/C24H30N2OS2/c1-6-12-28-23-25-21-20(22(27)26(23)17-9-7-8-15(2)13-17)18-11-10-16(24(3,4)5)14-19(18)29-21/h7-9,13,16H,6,10-12,14H2,1-5H3/t16-/m1/s1. The van der Waals surface area contributed by atoms with E-state index in [1.54, 1.807) is 23.1 Å². The highest BCUT2D eigenvalue weighted by Gasteiger charge is 2.32. The molecule has 0 fully saturated rings. The van der Waals surface area contributed by atoms with Crippen LogP contribution >= 0.6 is 23.1 Å². The van der Waals surface area contributed by atoms with Crippen LogP contribution in [-0.4, -0.2) is 15.3 Å². The highest BCUT2D eigenvalue weighted by atomic mass is 32.2. The maximum absolute atomic E-state index is 13.8. The van der Waals surface area contributed by atoms with Crippen molar-refractivity contribution < 1.29 is 0 Å². The van der Waals surface area contributed by atoms with Gasteiger partial charge in [0.15, 0.2) is 5.16 Å². The van der Waals surface area contributed by atoms with Gasteiger partial charge in [0, 0.05) is 10.6 Å². The second-order valence-electron chi connectivity index (χ2n) is 9.21. The fraction of sp³-hybridized carbons (Fsp3) is 0.500. The summed E-state index contributed by atoms with van der Waals surface area (Å²) in [5, 5.41) is 1.68. The number of aromatic nitrogens is 2. The highest BCUT2D eigenvalue weighted by molar-refractivity contribution is 7.99. The van der Waals surface area contributed by atoms with Gasteiger partial charge in [0.25, 0.3) is 5.56 Å². The first-order chi connectivity index (χ1) is 13.8. The van der Waals surface area contributed by atoms with E-state index in [9.17, 15) is 4.79 Å². The topological polar surface area (TPSA) is 34.9 Å². The lowest BCUT2D eigenvalue weighted by Crippen LogP contribution is -2.27. The van der Waals surface area contributed by atoms with Gasteiger partial charge in [0.1, 0.15) is 4.83 Å². The van der Waals surface area contributed by atoms with E-state index >= 15 is 0 Å². The van der Waals surface area contributed by atoms with Crippen molar-refractivity contribution in [3.8, 4) is 5.69 Å². The van der Waals surface area contributed by atoms with Gasteiger partial charge >= 0.3 is 0 Å². The lowest BCUT2D eigenvalue weighted by molar-refractivity contribution is 0.218. The van der Waals surface area contributed by atoms with Crippen molar-refractivity contribution in [1.29, 1.82) is 0 Å². The number of hydrogen-bond acceptors (Lipinski definition) is 4. The van der Waals surface area contributed by atoms with E-state index in [1.807, 2.05) is 16.7 Å². The number of rotatable bonds is 4. The molecule has 1 aliphatic carbocycles. The molecule has 2 aromatic heterocycles. The Hall–Kier alpha value is -1.59. The minimum Gasteiger partial charge on any atom is -0.268 e. The molecule has 3 nitrogen and oxygen atoms in total. The minimum atomic E-state index is 0.103. The van der Waals surface area contributed by atoms with Gasteiger partial charge in [0.2, 0.25) is 0 Å². The first-order valence-electron chi connectivity index (χ1n) is 10.6. The van der Waals surface area contributed by atoms with Gasteiger partial charge in [-0.15, -0.1) is 11.3 Å². The largest absolute Gasteiger partial charge is 0.268 e. The van der Waals surface area contributed by atoms with Gasteiger partial charge in [0.05, 0.1) is 11.1 Å². The van der Waals surface area contributed by atoms with Crippen molar-refractivity contribution in [2.45, 2.75) is 65.5 Å². The molecule has 0 unspecified atom stereocenters. The Morgan fingerprint density at radius 3 is 2.79 bits per heavy atom. The summed E-state index contributed by atoms with van der Waals surface area (Å²) in [6.07, 6.45) is 4.27. The lowest BCUT2D eigenvalue weighted by atomic mass is 9.72. The summed E-state index contributed by atoms with van der Waals surface area (Å²) < 4.78 is 1.85. The fourth-order valence-corrected chi connectivity index (χ4v) is 6.44. The molecule has 1 aromatic carbocycles. The molecule has 0 N–H and O–H groups in total. The molecule has 0 saturated carbocycles. The Balaban J connectivity index is 1.91. The molecule has 0 aliphatic heterocycles. The van der Waals surface area contributed by atoms with Gasteiger partial charge in [-0.25, -0.2) is 4.98 Å². The Morgan fingerprint density at radius 2 is 2.10 bits per heavy atom. The number of fused-ring (bicyclic) bond motifs is 3. The number of nitrogens with zero attached hydrogens (tertiary/aromatic N) is 2. The molecule has 0 spiro atoms. The first kappa shape index (κ1) is 20.7. The van der Waals surface area contributed by atoms with Crippen molar-refractivity contribution in [3.63, 3.8) is 0 Å². The monoisotopic (exact) mass is 426 g/mol. The molecule has 154 valence electrons. The molecule has 3 aromatic rings. The zero-order chi connectivity index (χ0) is 20.8. The molecule has 1 aliphatic rings. The Kier molecular flexibility index (Phi) is 5.64. The molecule has 0 amide bonds. The van der Waals surface area contributed by atoms with Gasteiger partial charge < -0.3 is 0 Å². The maximum atomic E-state index is 13.8. The molecular weight excluding hydrogens is 396 g/mol. The summed E-state index contributed by atoms with van der Waals surface area (Å²) in [7, 11) is 0. The second-order valence-corrected chi connectivity index (χ2v) is 11.4. The van der Waals surface area contributed by atoms with Crippen molar-refractivity contribution in [3.05, 3.63) is 50.6 Å². The maximum Gasteiger partial charge on any atom is 0.267 e. The zero-order valence-corrected chi connectivity index (χ0v) is 19.7. The minimum absolute atomic E-state index is 0.103. The molecule has 2 heterocycles. The van der Waals surface area contributed by atoms with Crippen LogP contribution in [0.15, 0.2) is 34.2 Å². The summed E-state index contributed by atoms with van der Waals surface area (Å²) >= 11 is 3.44. The summed E-state index contributed by atoms with van der Waals surface area (Å²) in [6.45, 7) is 11.2. The first-order valence-corrected chi connectivity index (χ1v) is 12.4. The third-order valence-electron chi connectivity index (χ3n) is 5.97. The van der Waals surface area contributed by atoms with Crippen LogP contribution in [0.5, 0.6) is 0 Å². The van der Waals surface area contributed by atoms with Crippen LogP contribution in [-0.2, 0) is 12.8 Å². The number of hydrogen-bond donors (Lipinski definition) is 0. The van der Waals surface area contributed by atoms with Crippen LogP contribution in [0.1, 0.15) is 56.5 Å². The average molecular weight is 427 g/mol. The molecule has 29 heavy (non-hydrogen) atoms. The zero-order valence-electron chi connectivity index (χ0n) is 18.0. The highest BCUT2D eigenvalue weighted by Crippen LogP contribution is 2.42. The lowest BCUT2D eigenvalue weighted by Gasteiger charge is -2.33. The van der Waals surface area contributed by atoms with Crippen LogP contribution in [0.25, 0.3) is 15.9 Å². The van der Waals surface area contributed by atoms with E-state index in [1.165, 1.54) is 10.4 Å². The molecule has 0 radical (unpaired) electrons. The Morgan fingerprint density at radius 1 is 1.31 bits per heavy atom. The SMILES string of the molecule is CCCSc1nc2sc3c(c2c(=O)n1-c1cccc(C)c1)CC[C@@H](C(C)(C)C)C3. The van der Waals surface area contributed by atoms with Crippen molar-refractivity contribution >= 4 is 33.3 Å². The quantitative estimate of drug-likeness (QED) is 0.357. The number of thiophene rings is 1. The summed E-state index contributed by atoms with van der Waals surface area (Å²) in [4.78, 5) is 21.1. The summed E-state index contributed by atoms with van der Waals surface area (Å²) in [6, 6.07) is 8.19. The predicted octanol–water partition coefficient (Wildman–Crippen LogP) is 6.41. The molecule has 5 heteroatoms. The van der Waals surface area contributed by atoms with Crippen LogP contribution in [0, 0.1) is 18.3 Å². The normalized spacial score (nSPS) is 16.9. The van der Waals surface area contributed by atoms with Crippen molar-refractivity contribution in [2.75, 3.05) is 5.75 Å². The van der Waals surface area contributed by atoms with Crippen molar-refractivity contribution in [1.82, 2.24) is 9.55 Å². The van der Waals surface area contributed by atoms with Gasteiger partial charge in [-0.1, -0.05) is 51.6 Å². The molecular formula is C24H30N2OS2. The fourth-order valence-electron chi connectivity index (χ4n) is 4.23. The van der Waals surface area contributed by atoms with Crippen LogP contribution < -0.4 is 5.56 Å². The van der Waals surface area contributed by atoms with E-state index in [0.717, 1.165) is 58.1 Å². The van der Waals surface area contributed by atoms with E-state index in [4.69, 9.17) is 4.98 Å². The van der Waals surface area contributed by atoms with Crippen molar-refractivity contribution in [2.24, 2.45) is 11.3 Å². The van der Waals surface area contributed by atoms with Crippen LogP contribution in [0.4, 0.5) is 0 Å². The number of thioether (sulfide) groups is 1. The third kappa shape index (κ3) is 3.91. The van der Waals surface area contributed by atoms with Crippen LogP contribution in [0.2, 0.25) is 0 Å². The predicted molar refractivity (Wildman–Crippen MR) is 126 cm³/mol. The Bertz CT molecular complexity index is 1100. The van der Waals surface area contributed by atoms with E-state index in [-0.39, 0.29) is 5.56 Å². The van der Waals surface area contributed by atoms with Gasteiger partial charge in [-0.2, -0.15) is 0 Å².